The van der Waals surface area contributed by atoms with Crippen molar-refractivity contribution in [3.63, 3.8) is 0 Å². The maximum atomic E-state index is 12.0. The fourth-order valence-corrected chi connectivity index (χ4v) is 3.05. The van der Waals surface area contributed by atoms with E-state index in [2.05, 4.69) is 39.9 Å². The molecule has 1 amide bonds. The Labute approximate surface area is 152 Å². The summed E-state index contributed by atoms with van der Waals surface area (Å²) in [6.45, 7) is 0. The summed E-state index contributed by atoms with van der Waals surface area (Å²) in [5.74, 6) is 0.00797. The molecule has 0 bridgehead atoms. The van der Waals surface area contributed by atoms with Crippen LogP contribution in [-0.4, -0.2) is 34.5 Å². The molecule has 3 aromatic carbocycles. The van der Waals surface area contributed by atoms with Gasteiger partial charge in [-0.25, -0.2) is 4.98 Å². The Balaban J connectivity index is 1.69. The average molecular weight is 341 g/mol. The van der Waals surface area contributed by atoms with Crippen molar-refractivity contribution >= 4 is 16.9 Å². The second-order valence-corrected chi connectivity index (χ2v) is 6.43. The van der Waals surface area contributed by atoms with Gasteiger partial charge in [0.25, 0.3) is 5.91 Å². The predicted octanol–water partition coefficient (Wildman–Crippen LogP) is 4.39. The average Bonchev–Trinajstić information content (AvgIpc) is 3.11. The predicted molar refractivity (Wildman–Crippen MR) is 105 cm³/mol. The molecule has 0 saturated carbocycles. The van der Waals surface area contributed by atoms with Gasteiger partial charge in [0.15, 0.2) is 0 Å². The highest BCUT2D eigenvalue weighted by molar-refractivity contribution is 5.94. The SMILES string of the molecule is CN(C)C(=O)c1ccc(-c2ccc3c(c2)ncn3-c2ccccc2)cc1. The molecule has 4 aromatic rings. The van der Waals surface area contributed by atoms with Crippen LogP contribution in [0.15, 0.2) is 79.1 Å². The molecule has 4 heteroatoms. The molecule has 4 nitrogen and oxygen atoms in total. The van der Waals surface area contributed by atoms with Crippen molar-refractivity contribution in [1.82, 2.24) is 14.5 Å². The molecule has 1 aromatic heterocycles. The minimum atomic E-state index is 0.00797. The number of benzene rings is 3. The Morgan fingerprint density at radius 2 is 1.58 bits per heavy atom. The normalized spacial score (nSPS) is 10.8. The van der Waals surface area contributed by atoms with E-state index in [4.69, 9.17) is 0 Å². The third-order valence-electron chi connectivity index (χ3n) is 4.45. The van der Waals surface area contributed by atoms with Crippen LogP contribution in [0.2, 0.25) is 0 Å². The number of hydrogen-bond acceptors (Lipinski definition) is 2. The number of nitrogens with zero attached hydrogens (tertiary/aromatic N) is 3. The van der Waals surface area contributed by atoms with E-state index in [0.717, 1.165) is 27.8 Å². The third-order valence-corrected chi connectivity index (χ3v) is 4.45. The summed E-state index contributed by atoms with van der Waals surface area (Å²) >= 11 is 0. The molecule has 4 rings (SSSR count). The summed E-state index contributed by atoms with van der Waals surface area (Å²) in [5.41, 5.74) is 5.94. The summed E-state index contributed by atoms with van der Waals surface area (Å²) in [5, 5.41) is 0. The van der Waals surface area contributed by atoms with E-state index < -0.39 is 0 Å². The molecular formula is C22H19N3O. The largest absolute Gasteiger partial charge is 0.345 e. The molecule has 0 fully saturated rings. The summed E-state index contributed by atoms with van der Waals surface area (Å²) in [6.07, 6.45) is 1.85. The lowest BCUT2D eigenvalue weighted by Crippen LogP contribution is -2.21. The molecular weight excluding hydrogens is 322 g/mol. The van der Waals surface area contributed by atoms with Crippen LogP contribution in [0.25, 0.3) is 27.8 Å². The van der Waals surface area contributed by atoms with Gasteiger partial charge in [0.05, 0.1) is 11.0 Å². The highest BCUT2D eigenvalue weighted by Crippen LogP contribution is 2.26. The van der Waals surface area contributed by atoms with Gasteiger partial charge < -0.3 is 4.90 Å². The topological polar surface area (TPSA) is 38.1 Å². The Morgan fingerprint density at radius 1 is 0.885 bits per heavy atom. The van der Waals surface area contributed by atoms with Gasteiger partial charge in [0, 0.05) is 25.3 Å². The first-order valence-corrected chi connectivity index (χ1v) is 8.48. The van der Waals surface area contributed by atoms with Crippen LogP contribution in [-0.2, 0) is 0 Å². The van der Waals surface area contributed by atoms with Crippen molar-refractivity contribution in [3.8, 4) is 16.8 Å². The minimum Gasteiger partial charge on any atom is -0.345 e. The molecule has 26 heavy (non-hydrogen) atoms. The van der Waals surface area contributed by atoms with Gasteiger partial charge in [-0.1, -0.05) is 36.4 Å². The van der Waals surface area contributed by atoms with Crippen LogP contribution in [0.1, 0.15) is 10.4 Å². The third kappa shape index (κ3) is 2.86. The number of carbonyl (C=O) groups excluding carboxylic acids is 1. The first-order valence-electron chi connectivity index (χ1n) is 8.48. The quantitative estimate of drug-likeness (QED) is 0.554. The van der Waals surface area contributed by atoms with Crippen molar-refractivity contribution in [2.24, 2.45) is 0 Å². The Morgan fingerprint density at radius 3 is 2.27 bits per heavy atom. The number of rotatable bonds is 3. The summed E-state index contributed by atoms with van der Waals surface area (Å²) in [7, 11) is 3.51. The fraction of sp³-hybridized carbons (Fsp3) is 0.0909. The summed E-state index contributed by atoms with van der Waals surface area (Å²) in [6, 6.07) is 24.1. The van der Waals surface area contributed by atoms with Crippen molar-refractivity contribution in [2.45, 2.75) is 0 Å². The molecule has 1 heterocycles. The van der Waals surface area contributed by atoms with Crippen LogP contribution in [0, 0.1) is 0 Å². The van der Waals surface area contributed by atoms with E-state index in [1.807, 2.05) is 48.8 Å². The molecule has 0 N–H and O–H groups in total. The number of fused-ring (bicyclic) bond motifs is 1. The lowest BCUT2D eigenvalue weighted by Gasteiger charge is -2.10. The number of aromatic nitrogens is 2. The van der Waals surface area contributed by atoms with Gasteiger partial charge in [0.1, 0.15) is 6.33 Å². The van der Waals surface area contributed by atoms with Gasteiger partial charge in [-0.2, -0.15) is 0 Å². The maximum Gasteiger partial charge on any atom is 0.253 e. The lowest BCUT2D eigenvalue weighted by molar-refractivity contribution is 0.0827. The second-order valence-electron chi connectivity index (χ2n) is 6.43. The van der Waals surface area contributed by atoms with E-state index in [0.29, 0.717) is 5.56 Å². The van der Waals surface area contributed by atoms with Crippen molar-refractivity contribution < 1.29 is 4.79 Å². The second kappa shape index (κ2) is 6.48. The van der Waals surface area contributed by atoms with E-state index in [9.17, 15) is 4.79 Å². The van der Waals surface area contributed by atoms with Gasteiger partial charge in [-0.05, 0) is 47.5 Å². The van der Waals surface area contributed by atoms with Crippen LogP contribution < -0.4 is 0 Å². The van der Waals surface area contributed by atoms with Crippen molar-refractivity contribution in [3.05, 3.63) is 84.7 Å². The molecule has 0 aliphatic heterocycles. The first-order chi connectivity index (χ1) is 12.6. The highest BCUT2D eigenvalue weighted by atomic mass is 16.2. The smallest absolute Gasteiger partial charge is 0.253 e. The molecule has 128 valence electrons. The maximum absolute atomic E-state index is 12.0. The summed E-state index contributed by atoms with van der Waals surface area (Å²) in [4.78, 5) is 18.2. The zero-order chi connectivity index (χ0) is 18.1. The van der Waals surface area contributed by atoms with Gasteiger partial charge in [-0.15, -0.1) is 0 Å². The zero-order valence-electron chi connectivity index (χ0n) is 14.8. The number of hydrogen-bond donors (Lipinski definition) is 0. The fourth-order valence-electron chi connectivity index (χ4n) is 3.05. The molecule has 0 radical (unpaired) electrons. The van der Waals surface area contributed by atoms with E-state index in [1.165, 1.54) is 0 Å². The van der Waals surface area contributed by atoms with E-state index >= 15 is 0 Å². The van der Waals surface area contributed by atoms with Crippen LogP contribution in [0.5, 0.6) is 0 Å². The molecule has 0 unspecified atom stereocenters. The molecule has 0 spiro atoms. The minimum absolute atomic E-state index is 0.00797. The van der Waals surface area contributed by atoms with E-state index in [1.54, 1.807) is 19.0 Å². The first kappa shape index (κ1) is 16.1. The number of carbonyl (C=O) groups is 1. The zero-order valence-corrected chi connectivity index (χ0v) is 14.8. The van der Waals surface area contributed by atoms with Crippen LogP contribution in [0.3, 0.4) is 0 Å². The van der Waals surface area contributed by atoms with Crippen molar-refractivity contribution in [1.29, 1.82) is 0 Å². The molecule has 0 atom stereocenters. The number of amides is 1. The van der Waals surface area contributed by atoms with Crippen LogP contribution in [0.4, 0.5) is 0 Å². The monoisotopic (exact) mass is 341 g/mol. The van der Waals surface area contributed by atoms with Gasteiger partial charge >= 0.3 is 0 Å². The Bertz CT molecular complexity index is 1060. The molecule has 0 aliphatic rings. The Hall–Kier alpha value is -3.40. The van der Waals surface area contributed by atoms with Crippen LogP contribution >= 0.6 is 0 Å². The highest BCUT2D eigenvalue weighted by Gasteiger charge is 2.09. The Kier molecular flexibility index (Phi) is 4.01. The van der Waals surface area contributed by atoms with Crippen molar-refractivity contribution in [2.75, 3.05) is 14.1 Å². The number of para-hydroxylation sites is 1. The standard InChI is InChI=1S/C22H19N3O/c1-24(2)22(26)17-10-8-16(9-11-17)18-12-13-21-20(14-18)23-15-25(21)19-6-4-3-5-7-19/h3-15H,1-2H3. The molecule has 0 saturated heterocycles. The van der Waals surface area contributed by atoms with Gasteiger partial charge in [-0.3, -0.25) is 9.36 Å². The van der Waals surface area contributed by atoms with E-state index in [-0.39, 0.29) is 5.91 Å². The molecule has 0 aliphatic carbocycles. The number of imidazole rings is 1. The van der Waals surface area contributed by atoms with Gasteiger partial charge in [0.2, 0.25) is 0 Å². The lowest BCUT2D eigenvalue weighted by atomic mass is 10.0. The summed E-state index contributed by atoms with van der Waals surface area (Å²) < 4.78 is 2.08.